The van der Waals surface area contributed by atoms with E-state index < -0.39 is 0 Å². The summed E-state index contributed by atoms with van der Waals surface area (Å²) < 4.78 is 4.98. The summed E-state index contributed by atoms with van der Waals surface area (Å²) in [4.78, 5) is 10.0. The van der Waals surface area contributed by atoms with Crippen molar-refractivity contribution >= 4 is 5.95 Å². The van der Waals surface area contributed by atoms with Crippen molar-refractivity contribution in [1.29, 1.82) is 5.26 Å². The molecule has 2 aromatic heterocycles. The predicted molar refractivity (Wildman–Crippen MR) is 57.6 cm³/mol. The van der Waals surface area contributed by atoms with E-state index in [4.69, 9.17) is 9.68 Å². The molecule has 0 radical (unpaired) electrons. The standard InChI is InChI=1S/C11H10N4O/c1-15(7-9-3-5-16-8-9)11-13-4-2-10(6-12)14-11/h2-5,8H,7H2,1H3. The van der Waals surface area contributed by atoms with E-state index in [-0.39, 0.29) is 0 Å². The first-order valence-electron chi connectivity index (χ1n) is 4.75. The third-order valence-electron chi connectivity index (χ3n) is 2.10. The van der Waals surface area contributed by atoms with Crippen LogP contribution in [0.3, 0.4) is 0 Å². The largest absolute Gasteiger partial charge is 0.472 e. The smallest absolute Gasteiger partial charge is 0.226 e. The van der Waals surface area contributed by atoms with Crippen LogP contribution in [0.2, 0.25) is 0 Å². The van der Waals surface area contributed by atoms with Gasteiger partial charge in [0, 0.05) is 25.4 Å². The van der Waals surface area contributed by atoms with Crippen molar-refractivity contribution in [2.75, 3.05) is 11.9 Å². The van der Waals surface area contributed by atoms with Gasteiger partial charge >= 0.3 is 0 Å². The molecule has 0 aliphatic heterocycles. The molecule has 2 heterocycles. The van der Waals surface area contributed by atoms with E-state index in [1.165, 1.54) is 0 Å². The maximum atomic E-state index is 8.73. The van der Waals surface area contributed by atoms with Gasteiger partial charge in [-0.25, -0.2) is 9.97 Å². The molecule has 0 amide bonds. The summed E-state index contributed by atoms with van der Waals surface area (Å²) in [5.74, 6) is 0.528. The number of aromatic nitrogens is 2. The van der Waals surface area contributed by atoms with E-state index >= 15 is 0 Å². The van der Waals surface area contributed by atoms with Crippen molar-refractivity contribution in [2.45, 2.75) is 6.54 Å². The summed E-state index contributed by atoms with van der Waals surface area (Å²) in [6.45, 7) is 0.644. The van der Waals surface area contributed by atoms with Gasteiger partial charge in [-0.3, -0.25) is 0 Å². The minimum Gasteiger partial charge on any atom is -0.472 e. The van der Waals surface area contributed by atoms with Crippen molar-refractivity contribution in [3.05, 3.63) is 42.1 Å². The fourth-order valence-corrected chi connectivity index (χ4v) is 1.32. The van der Waals surface area contributed by atoms with E-state index in [0.29, 0.717) is 18.2 Å². The van der Waals surface area contributed by atoms with Crippen LogP contribution in [0.4, 0.5) is 5.95 Å². The normalized spacial score (nSPS) is 9.75. The summed E-state index contributed by atoms with van der Waals surface area (Å²) >= 11 is 0. The van der Waals surface area contributed by atoms with Crippen LogP contribution in [-0.4, -0.2) is 17.0 Å². The Morgan fingerprint density at radius 1 is 1.50 bits per heavy atom. The molecule has 16 heavy (non-hydrogen) atoms. The second-order valence-electron chi connectivity index (χ2n) is 3.34. The van der Waals surface area contributed by atoms with Gasteiger partial charge in [-0.05, 0) is 12.1 Å². The Labute approximate surface area is 93.0 Å². The second kappa shape index (κ2) is 4.45. The van der Waals surface area contributed by atoms with Crippen LogP contribution in [0.15, 0.2) is 35.3 Å². The molecule has 0 fully saturated rings. The molecule has 0 saturated carbocycles. The van der Waals surface area contributed by atoms with Crippen LogP contribution in [0.25, 0.3) is 0 Å². The van der Waals surface area contributed by atoms with Gasteiger partial charge in [0.05, 0.1) is 12.5 Å². The van der Waals surface area contributed by atoms with Crippen molar-refractivity contribution in [3.8, 4) is 6.07 Å². The molecule has 0 aliphatic rings. The number of rotatable bonds is 3. The third kappa shape index (κ3) is 2.17. The van der Waals surface area contributed by atoms with Crippen LogP contribution in [0, 0.1) is 11.3 Å². The molecule has 2 rings (SSSR count). The molecule has 0 aromatic carbocycles. The van der Waals surface area contributed by atoms with Gasteiger partial charge in [0.2, 0.25) is 5.95 Å². The van der Waals surface area contributed by atoms with Crippen LogP contribution in [-0.2, 0) is 6.54 Å². The molecule has 0 saturated heterocycles. The molecule has 0 N–H and O–H groups in total. The fraction of sp³-hybridized carbons (Fsp3) is 0.182. The zero-order chi connectivity index (χ0) is 11.4. The average Bonchev–Trinajstić information content (AvgIpc) is 2.82. The summed E-state index contributed by atoms with van der Waals surface area (Å²) in [5.41, 5.74) is 1.40. The lowest BCUT2D eigenvalue weighted by Crippen LogP contribution is -2.18. The Morgan fingerprint density at radius 3 is 3.06 bits per heavy atom. The Bertz CT molecular complexity index is 501. The number of furan rings is 1. The highest BCUT2D eigenvalue weighted by molar-refractivity contribution is 5.33. The number of hydrogen-bond acceptors (Lipinski definition) is 5. The van der Waals surface area contributed by atoms with E-state index in [9.17, 15) is 0 Å². The highest BCUT2D eigenvalue weighted by atomic mass is 16.3. The monoisotopic (exact) mass is 214 g/mol. The van der Waals surface area contributed by atoms with Gasteiger partial charge in [-0.15, -0.1) is 0 Å². The lowest BCUT2D eigenvalue weighted by Gasteiger charge is -2.15. The zero-order valence-electron chi connectivity index (χ0n) is 8.79. The van der Waals surface area contributed by atoms with Gasteiger partial charge in [0.25, 0.3) is 0 Å². The van der Waals surface area contributed by atoms with Gasteiger partial charge in [0.15, 0.2) is 0 Å². The van der Waals surface area contributed by atoms with Gasteiger partial charge in [-0.1, -0.05) is 0 Å². The highest BCUT2D eigenvalue weighted by Crippen LogP contribution is 2.10. The Hall–Kier alpha value is -2.35. The maximum absolute atomic E-state index is 8.73. The molecular formula is C11H10N4O. The number of nitriles is 1. The predicted octanol–water partition coefficient (Wildman–Crippen LogP) is 1.58. The lowest BCUT2D eigenvalue weighted by atomic mass is 10.3. The maximum Gasteiger partial charge on any atom is 0.226 e. The summed E-state index contributed by atoms with van der Waals surface area (Å²) in [7, 11) is 1.86. The Balaban J connectivity index is 2.15. The number of anilines is 1. The van der Waals surface area contributed by atoms with Gasteiger partial charge < -0.3 is 9.32 Å². The quantitative estimate of drug-likeness (QED) is 0.776. The van der Waals surface area contributed by atoms with Crippen molar-refractivity contribution in [3.63, 3.8) is 0 Å². The highest BCUT2D eigenvalue weighted by Gasteiger charge is 2.06. The van der Waals surface area contributed by atoms with E-state index in [0.717, 1.165) is 5.56 Å². The molecule has 0 unspecified atom stereocenters. The molecule has 80 valence electrons. The molecule has 0 bridgehead atoms. The topological polar surface area (TPSA) is 66.0 Å². The summed E-state index contributed by atoms with van der Waals surface area (Å²) in [6, 6.07) is 5.44. The van der Waals surface area contributed by atoms with Gasteiger partial charge in [-0.2, -0.15) is 5.26 Å². The van der Waals surface area contributed by atoms with E-state index in [2.05, 4.69) is 9.97 Å². The molecule has 0 aliphatic carbocycles. The first kappa shape index (κ1) is 10.2. The fourth-order valence-electron chi connectivity index (χ4n) is 1.32. The zero-order valence-corrected chi connectivity index (χ0v) is 8.79. The van der Waals surface area contributed by atoms with Crippen molar-refractivity contribution < 1.29 is 4.42 Å². The molecule has 5 heteroatoms. The minimum atomic E-state index is 0.365. The summed E-state index contributed by atoms with van der Waals surface area (Å²) in [5, 5.41) is 8.73. The Kier molecular flexibility index (Phi) is 2.83. The average molecular weight is 214 g/mol. The number of hydrogen-bond donors (Lipinski definition) is 0. The van der Waals surface area contributed by atoms with Crippen molar-refractivity contribution in [2.24, 2.45) is 0 Å². The van der Waals surface area contributed by atoms with Crippen LogP contribution < -0.4 is 4.90 Å². The first-order chi connectivity index (χ1) is 7.79. The molecule has 5 nitrogen and oxygen atoms in total. The van der Waals surface area contributed by atoms with Crippen molar-refractivity contribution in [1.82, 2.24) is 9.97 Å². The van der Waals surface area contributed by atoms with Crippen LogP contribution in [0.1, 0.15) is 11.3 Å². The molecule has 2 aromatic rings. The van der Waals surface area contributed by atoms with E-state index in [1.54, 1.807) is 24.8 Å². The second-order valence-corrected chi connectivity index (χ2v) is 3.34. The lowest BCUT2D eigenvalue weighted by molar-refractivity contribution is 0.563. The molecular weight excluding hydrogens is 204 g/mol. The Morgan fingerprint density at radius 2 is 2.38 bits per heavy atom. The minimum absolute atomic E-state index is 0.365. The van der Waals surface area contributed by atoms with Crippen LogP contribution >= 0.6 is 0 Å². The molecule has 0 atom stereocenters. The SMILES string of the molecule is CN(Cc1ccoc1)c1nccc(C#N)n1. The van der Waals surface area contributed by atoms with E-state index in [1.807, 2.05) is 24.1 Å². The van der Waals surface area contributed by atoms with Gasteiger partial charge in [0.1, 0.15) is 11.8 Å². The third-order valence-corrected chi connectivity index (χ3v) is 2.10. The first-order valence-corrected chi connectivity index (χ1v) is 4.75. The number of nitrogens with zero attached hydrogens (tertiary/aromatic N) is 4. The molecule has 0 spiro atoms. The van der Waals surface area contributed by atoms with Crippen LogP contribution in [0.5, 0.6) is 0 Å². The summed E-state index contributed by atoms with van der Waals surface area (Å²) in [6.07, 6.45) is 4.87.